The first-order valence-corrected chi connectivity index (χ1v) is 11.1. The van der Waals surface area contributed by atoms with Gasteiger partial charge in [-0.25, -0.2) is 5.01 Å². The molecule has 0 spiro atoms. The second-order valence-electron chi connectivity index (χ2n) is 8.24. The Hall–Kier alpha value is -4.59. The van der Waals surface area contributed by atoms with Gasteiger partial charge in [-0.3, -0.25) is 19.8 Å². The Morgan fingerprint density at radius 2 is 1.74 bits per heavy atom. The Morgan fingerprint density at radius 1 is 1.03 bits per heavy atom. The molecule has 35 heavy (non-hydrogen) atoms. The molecular weight excluding hydrogens is 444 g/mol. The summed E-state index contributed by atoms with van der Waals surface area (Å²) in [6.07, 6.45) is 1.48. The summed E-state index contributed by atoms with van der Waals surface area (Å²) in [6, 6.07) is 21.7. The summed E-state index contributed by atoms with van der Waals surface area (Å²) in [4.78, 5) is 40.0. The molecule has 4 rings (SSSR count). The fourth-order valence-corrected chi connectivity index (χ4v) is 3.56. The van der Waals surface area contributed by atoms with E-state index in [9.17, 15) is 14.4 Å². The molecule has 0 atom stereocenters. The lowest BCUT2D eigenvalue weighted by Crippen LogP contribution is -2.35. The molecule has 1 saturated heterocycles. The Morgan fingerprint density at radius 3 is 2.46 bits per heavy atom. The predicted octanol–water partition coefficient (Wildman–Crippen LogP) is 3.54. The molecule has 0 aromatic heterocycles. The molecule has 3 amide bonds. The van der Waals surface area contributed by atoms with Gasteiger partial charge >= 0.3 is 0 Å². The van der Waals surface area contributed by atoms with Crippen molar-refractivity contribution in [2.75, 3.05) is 35.9 Å². The molecule has 1 fully saturated rings. The third-order valence-electron chi connectivity index (χ3n) is 5.50. The first-order valence-electron chi connectivity index (χ1n) is 11.1. The van der Waals surface area contributed by atoms with Gasteiger partial charge in [0.1, 0.15) is 11.3 Å². The molecular formula is C27H26N4O4. The Balaban J connectivity index is 1.58. The molecule has 3 aromatic carbocycles. The molecule has 0 unspecified atom stereocenters. The SMILES string of the molecule is Cc1ccccc1NC(=O)COc1cc(N(C)C)ccc1/C=C1/C(=O)NN(c2ccccc2)C1=O. The van der Waals surface area contributed by atoms with Gasteiger partial charge in [0, 0.05) is 37.1 Å². The average molecular weight is 471 g/mol. The number of aryl methyl sites for hydroxylation is 1. The predicted molar refractivity (Wildman–Crippen MR) is 136 cm³/mol. The largest absolute Gasteiger partial charge is 0.483 e. The molecule has 1 heterocycles. The quantitative estimate of drug-likeness (QED) is 0.407. The van der Waals surface area contributed by atoms with Crippen LogP contribution in [-0.2, 0) is 14.4 Å². The fraction of sp³-hybridized carbons (Fsp3) is 0.148. The number of amides is 3. The molecule has 2 N–H and O–H groups in total. The number of rotatable bonds is 7. The molecule has 1 aliphatic heterocycles. The number of hydrogen-bond donors (Lipinski definition) is 2. The van der Waals surface area contributed by atoms with E-state index < -0.39 is 11.8 Å². The minimum Gasteiger partial charge on any atom is -0.483 e. The third kappa shape index (κ3) is 5.33. The van der Waals surface area contributed by atoms with Crippen LogP contribution in [0.15, 0.2) is 78.4 Å². The van der Waals surface area contributed by atoms with Crippen LogP contribution in [0.2, 0.25) is 0 Å². The van der Waals surface area contributed by atoms with Crippen LogP contribution >= 0.6 is 0 Å². The summed E-state index contributed by atoms with van der Waals surface area (Å²) in [5, 5.41) is 4.04. The molecule has 8 nitrogen and oxygen atoms in total. The van der Waals surface area contributed by atoms with E-state index in [1.807, 2.05) is 62.3 Å². The van der Waals surface area contributed by atoms with Gasteiger partial charge in [0.25, 0.3) is 17.7 Å². The van der Waals surface area contributed by atoms with Crippen LogP contribution in [0.4, 0.5) is 17.1 Å². The molecule has 178 valence electrons. The monoisotopic (exact) mass is 470 g/mol. The highest BCUT2D eigenvalue weighted by Gasteiger charge is 2.34. The van der Waals surface area contributed by atoms with Gasteiger partial charge in [0.15, 0.2) is 6.61 Å². The van der Waals surface area contributed by atoms with Crippen molar-refractivity contribution in [2.24, 2.45) is 0 Å². The molecule has 8 heteroatoms. The van der Waals surface area contributed by atoms with Crippen LogP contribution in [0, 0.1) is 6.92 Å². The summed E-state index contributed by atoms with van der Waals surface area (Å²) in [7, 11) is 3.77. The van der Waals surface area contributed by atoms with Crippen molar-refractivity contribution in [3.8, 4) is 5.75 Å². The van der Waals surface area contributed by atoms with E-state index in [1.165, 1.54) is 11.1 Å². The van der Waals surface area contributed by atoms with Crippen LogP contribution in [0.25, 0.3) is 6.08 Å². The molecule has 1 aliphatic rings. The van der Waals surface area contributed by atoms with Gasteiger partial charge in [-0.05, 0) is 48.9 Å². The lowest BCUT2D eigenvalue weighted by Gasteiger charge is -2.16. The number of hydrogen-bond acceptors (Lipinski definition) is 5. The highest BCUT2D eigenvalue weighted by atomic mass is 16.5. The first-order chi connectivity index (χ1) is 16.8. The summed E-state index contributed by atoms with van der Waals surface area (Å²) >= 11 is 0. The maximum absolute atomic E-state index is 13.0. The molecule has 3 aromatic rings. The van der Waals surface area contributed by atoms with Crippen molar-refractivity contribution in [1.29, 1.82) is 0 Å². The zero-order valence-corrected chi connectivity index (χ0v) is 19.7. The minimum atomic E-state index is -0.515. The number of nitrogens with one attached hydrogen (secondary N) is 2. The van der Waals surface area contributed by atoms with E-state index in [2.05, 4.69) is 10.7 Å². The van der Waals surface area contributed by atoms with E-state index in [1.54, 1.807) is 36.4 Å². The molecule has 0 saturated carbocycles. The van der Waals surface area contributed by atoms with Crippen molar-refractivity contribution >= 4 is 40.9 Å². The Labute approximate surface area is 203 Å². The maximum atomic E-state index is 13.0. The highest BCUT2D eigenvalue weighted by Crippen LogP contribution is 2.29. The zero-order chi connectivity index (χ0) is 24.9. The van der Waals surface area contributed by atoms with Crippen molar-refractivity contribution in [3.05, 3.63) is 89.5 Å². The lowest BCUT2D eigenvalue weighted by molar-refractivity contribution is -0.118. The van der Waals surface area contributed by atoms with E-state index in [4.69, 9.17) is 4.74 Å². The number of nitrogens with zero attached hydrogens (tertiary/aromatic N) is 2. The summed E-state index contributed by atoms with van der Waals surface area (Å²) in [5.74, 6) is -0.930. The van der Waals surface area contributed by atoms with Crippen molar-refractivity contribution < 1.29 is 19.1 Å². The van der Waals surface area contributed by atoms with Gasteiger partial charge in [-0.1, -0.05) is 36.4 Å². The highest BCUT2D eigenvalue weighted by molar-refractivity contribution is 6.31. The van der Waals surface area contributed by atoms with Crippen LogP contribution in [0.3, 0.4) is 0 Å². The third-order valence-corrected chi connectivity index (χ3v) is 5.50. The number of carbonyl (C=O) groups excluding carboxylic acids is 3. The van der Waals surface area contributed by atoms with Gasteiger partial charge in [0.2, 0.25) is 0 Å². The van der Waals surface area contributed by atoms with E-state index >= 15 is 0 Å². The van der Waals surface area contributed by atoms with E-state index in [0.717, 1.165) is 11.3 Å². The zero-order valence-electron chi connectivity index (χ0n) is 19.7. The average Bonchev–Trinajstić information content (AvgIpc) is 3.13. The number of anilines is 3. The minimum absolute atomic E-state index is 0.0272. The topological polar surface area (TPSA) is 91.0 Å². The van der Waals surface area contributed by atoms with Gasteiger partial charge in [-0.15, -0.1) is 0 Å². The number of benzene rings is 3. The number of carbonyl (C=O) groups is 3. The lowest BCUT2D eigenvalue weighted by atomic mass is 10.1. The number of hydrazine groups is 1. The van der Waals surface area contributed by atoms with Crippen LogP contribution in [0.5, 0.6) is 5.75 Å². The van der Waals surface area contributed by atoms with Crippen molar-refractivity contribution in [2.45, 2.75) is 6.92 Å². The van der Waals surface area contributed by atoms with Gasteiger partial charge in [-0.2, -0.15) is 0 Å². The van der Waals surface area contributed by atoms with Gasteiger partial charge < -0.3 is 15.0 Å². The summed E-state index contributed by atoms with van der Waals surface area (Å²) in [5.41, 5.74) is 6.11. The second kappa shape index (κ2) is 10.1. The van der Waals surface area contributed by atoms with Crippen LogP contribution in [0.1, 0.15) is 11.1 Å². The van der Waals surface area contributed by atoms with Crippen LogP contribution < -0.4 is 25.4 Å². The molecule has 0 aliphatic carbocycles. The molecule has 0 bridgehead atoms. The molecule has 0 radical (unpaired) electrons. The normalized spacial score (nSPS) is 14.1. The standard InChI is InChI=1S/C27H26N4O4/c1-18-9-7-8-12-23(18)28-25(32)17-35-24-16-21(30(2)3)14-13-19(24)15-22-26(33)29-31(27(22)34)20-10-5-4-6-11-20/h4-16H,17H2,1-3H3,(H,28,32)(H,29,33)/b22-15-. The van der Waals surface area contributed by atoms with E-state index in [-0.39, 0.29) is 18.1 Å². The summed E-state index contributed by atoms with van der Waals surface area (Å²) < 4.78 is 5.85. The number of para-hydroxylation sites is 2. The van der Waals surface area contributed by atoms with Crippen LogP contribution in [-0.4, -0.2) is 38.4 Å². The Kier molecular flexibility index (Phi) is 6.82. The second-order valence-corrected chi connectivity index (χ2v) is 8.24. The Bertz CT molecular complexity index is 1300. The van der Waals surface area contributed by atoms with E-state index in [0.29, 0.717) is 22.7 Å². The smallest absolute Gasteiger partial charge is 0.282 e. The van der Waals surface area contributed by atoms with Crippen molar-refractivity contribution in [3.63, 3.8) is 0 Å². The number of ether oxygens (including phenoxy) is 1. The fourth-order valence-electron chi connectivity index (χ4n) is 3.56. The maximum Gasteiger partial charge on any atom is 0.282 e. The van der Waals surface area contributed by atoms with Crippen molar-refractivity contribution in [1.82, 2.24) is 5.43 Å². The summed E-state index contributed by atoms with van der Waals surface area (Å²) in [6.45, 7) is 1.67. The van der Waals surface area contributed by atoms with Gasteiger partial charge in [0.05, 0.1) is 5.69 Å². The first kappa shape index (κ1) is 23.6.